The third kappa shape index (κ3) is 1.89. The Labute approximate surface area is 139 Å². The average molecular weight is 327 g/mol. The predicted octanol–water partition coefficient (Wildman–Crippen LogP) is 3.61. The summed E-state index contributed by atoms with van der Waals surface area (Å²) in [6.07, 6.45) is 1.11. The minimum Gasteiger partial charge on any atom is -0.461 e. The van der Waals surface area contributed by atoms with Crippen LogP contribution in [0.15, 0.2) is 42.5 Å². The summed E-state index contributed by atoms with van der Waals surface area (Å²) in [7, 11) is 0. The van der Waals surface area contributed by atoms with Crippen LogP contribution >= 0.6 is 11.6 Å². The van der Waals surface area contributed by atoms with E-state index in [9.17, 15) is 9.59 Å². The Morgan fingerprint density at radius 2 is 1.96 bits per heavy atom. The Kier molecular flexibility index (Phi) is 3.10. The van der Waals surface area contributed by atoms with Crippen molar-refractivity contribution in [1.82, 2.24) is 0 Å². The standard InChI is InChI=1S/C19H15ClO3/c1-11(22)23-17-9-19(10-21)15-5-3-2-4-13(15)18(17)14-7-6-12(20)8-16(14)19/h2-8,10,17-18H,9H2,1H3. The Bertz CT molecular complexity index is 829. The highest BCUT2D eigenvalue weighted by Gasteiger charge is 2.54. The topological polar surface area (TPSA) is 43.4 Å². The van der Waals surface area contributed by atoms with Crippen LogP contribution in [0.1, 0.15) is 41.5 Å². The molecular weight excluding hydrogens is 312 g/mol. The molecule has 0 N–H and O–H groups in total. The summed E-state index contributed by atoms with van der Waals surface area (Å²) in [4.78, 5) is 23.7. The highest BCUT2D eigenvalue weighted by atomic mass is 35.5. The summed E-state index contributed by atoms with van der Waals surface area (Å²) in [5.41, 5.74) is 3.22. The van der Waals surface area contributed by atoms with Crippen molar-refractivity contribution in [1.29, 1.82) is 0 Å². The number of hydrogen-bond acceptors (Lipinski definition) is 3. The summed E-state index contributed by atoms with van der Waals surface area (Å²) < 4.78 is 5.57. The molecule has 3 aliphatic carbocycles. The molecule has 3 aliphatic rings. The zero-order valence-corrected chi connectivity index (χ0v) is 13.3. The summed E-state index contributed by atoms with van der Waals surface area (Å²) >= 11 is 6.18. The van der Waals surface area contributed by atoms with Gasteiger partial charge < -0.3 is 9.53 Å². The average Bonchev–Trinajstić information content (AvgIpc) is 2.54. The number of aldehydes is 1. The van der Waals surface area contributed by atoms with E-state index in [-0.39, 0.29) is 18.0 Å². The molecule has 2 aromatic carbocycles. The normalized spacial score (nSPS) is 27.0. The quantitative estimate of drug-likeness (QED) is 0.625. The number of esters is 1. The minimum absolute atomic E-state index is 0.0517. The van der Waals surface area contributed by atoms with Crippen molar-refractivity contribution in [3.8, 4) is 0 Å². The van der Waals surface area contributed by atoms with Crippen LogP contribution in [0.2, 0.25) is 5.02 Å². The second-order valence-corrected chi connectivity index (χ2v) is 6.67. The first kappa shape index (κ1) is 14.5. The Morgan fingerprint density at radius 3 is 2.70 bits per heavy atom. The van der Waals surface area contributed by atoms with Gasteiger partial charge in [-0.25, -0.2) is 0 Å². The lowest BCUT2D eigenvalue weighted by atomic mass is 9.55. The molecule has 0 fully saturated rings. The van der Waals surface area contributed by atoms with Gasteiger partial charge in [-0.05, 0) is 34.4 Å². The second-order valence-electron chi connectivity index (χ2n) is 6.24. The third-order valence-electron chi connectivity index (χ3n) is 5.02. The van der Waals surface area contributed by atoms with Crippen molar-refractivity contribution < 1.29 is 14.3 Å². The zero-order chi connectivity index (χ0) is 16.2. The van der Waals surface area contributed by atoms with E-state index in [1.54, 1.807) is 0 Å². The lowest BCUT2D eigenvalue weighted by molar-refractivity contribution is -0.149. The molecule has 3 nitrogen and oxygen atoms in total. The van der Waals surface area contributed by atoms with Gasteiger partial charge in [0, 0.05) is 24.3 Å². The molecule has 0 radical (unpaired) electrons. The van der Waals surface area contributed by atoms with Gasteiger partial charge >= 0.3 is 5.97 Å². The van der Waals surface area contributed by atoms with Gasteiger partial charge in [0.25, 0.3) is 0 Å². The van der Waals surface area contributed by atoms with Gasteiger partial charge in [-0.1, -0.05) is 41.9 Å². The molecule has 2 bridgehead atoms. The van der Waals surface area contributed by atoms with Gasteiger partial charge in [-0.2, -0.15) is 0 Å². The molecule has 0 saturated heterocycles. The molecule has 3 atom stereocenters. The first-order valence-electron chi connectivity index (χ1n) is 7.60. The summed E-state index contributed by atoms with van der Waals surface area (Å²) in [5.74, 6) is -0.374. The number of hydrogen-bond donors (Lipinski definition) is 0. The molecular formula is C19H15ClO3. The molecule has 0 saturated carbocycles. The largest absolute Gasteiger partial charge is 0.461 e. The van der Waals surface area contributed by atoms with Gasteiger partial charge in [0.05, 0.1) is 5.41 Å². The van der Waals surface area contributed by atoms with Crippen molar-refractivity contribution in [3.05, 3.63) is 69.7 Å². The molecule has 0 aliphatic heterocycles. The Morgan fingerprint density at radius 1 is 1.22 bits per heavy atom. The van der Waals surface area contributed by atoms with E-state index in [4.69, 9.17) is 16.3 Å². The number of ether oxygens (including phenoxy) is 1. The van der Waals surface area contributed by atoms with Gasteiger partial charge in [-0.3, -0.25) is 4.79 Å². The van der Waals surface area contributed by atoms with E-state index >= 15 is 0 Å². The molecule has 2 aromatic rings. The summed E-state index contributed by atoms with van der Waals surface area (Å²) in [5, 5.41) is 0.610. The van der Waals surface area contributed by atoms with Crippen LogP contribution in [0, 0.1) is 0 Å². The molecule has 0 amide bonds. The van der Waals surface area contributed by atoms with Crippen LogP contribution in [0.3, 0.4) is 0 Å². The molecule has 0 heterocycles. The fraction of sp³-hybridized carbons (Fsp3) is 0.263. The van der Waals surface area contributed by atoms with Crippen molar-refractivity contribution in [2.45, 2.75) is 30.8 Å². The van der Waals surface area contributed by atoms with Crippen LogP contribution in [-0.2, 0) is 19.7 Å². The predicted molar refractivity (Wildman–Crippen MR) is 86.8 cm³/mol. The summed E-state index contributed by atoms with van der Waals surface area (Å²) in [6, 6.07) is 13.6. The molecule has 116 valence electrons. The van der Waals surface area contributed by atoms with Crippen LogP contribution in [0.5, 0.6) is 0 Å². The van der Waals surface area contributed by atoms with Crippen molar-refractivity contribution >= 4 is 23.9 Å². The van der Waals surface area contributed by atoms with E-state index in [0.29, 0.717) is 11.4 Å². The lowest BCUT2D eigenvalue weighted by Crippen LogP contribution is -2.49. The lowest BCUT2D eigenvalue weighted by Gasteiger charge is -2.49. The molecule has 4 heteroatoms. The maximum absolute atomic E-state index is 12.2. The molecule has 0 spiro atoms. The fourth-order valence-electron chi connectivity index (χ4n) is 4.23. The minimum atomic E-state index is -0.800. The van der Waals surface area contributed by atoms with E-state index in [2.05, 4.69) is 0 Å². The van der Waals surface area contributed by atoms with Crippen molar-refractivity contribution in [3.63, 3.8) is 0 Å². The SMILES string of the molecule is CC(=O)OC1CC2(C=O)c3ccccc3C1c1ccc(Cl)cc12. The number of carbonyl (C=O) groups is 2. The maximum atomic E-state index is 12.2. The van der Waals surface area contributed by atoms with Crippen molar-refractivity contribution in [2.24, 2.45) is 0 Å². The highest BCUT2D eigenvalue weighted by Crippen LogP contribution is 2.56. The van der Waals surface area contributed by atoms with Gasteiger partial charge in [0.1, 0.15) is 12.4 Å². The van der Waals surface area contributed by atoms with Gasteiger partial charge in [0.15, 0.2) is 0 Å². The van der Waals surface area contributed by atoms with Crippen LogP contribution in [0.4, 0.5) is 0 Å². The molecule has 23 heavy (non-hydrogen) atoms. The van der Waals surface area contributed by atoms with E-state index in [1.807, 2.05) is 42.5 Å². The van der Waals surface area contributed by atoms with Gasteiger partial charge in [0.2, 0.25) is 0 Å². The van der Waals surface area contributed by atoms with Crippen LogP contribution in [-0.4, -0.2) is 18.4 Å². The number of halogens is 1. The first-order chi connectivity index (χ1) is 11.1. The van der Waals surface area contributed by atoms with Crippen LogP contribution in [0.25, 0.3) is 0 Å². The third-order valence-corrected chi connectivity index (χ3v) is 5.26. The van der Waals surface area contributed by atoms with E-state index in [0.717, 1.165) is 28.5 Å². The monoisotopic (exact) mass is 326 g/mol. The Balaban J connectivity index is 2.02. The second kappa shape index (κ2) is 4.93. The van der Waals surface area contributed by atoms with Gasteiger partial charge in [-0.15, -0.1) is 0 Å². The number of benzene rings is 2. The van der Waals surface area contributed by atoms with Crippen LogP contribution < -0.4 is 0 Å². The highest BCUT2D eigenvalue weighted by molar-refractivity contribution is 6.30. The smallest absolute Gasteiger partial charge is 0.302 e. The first-order valence-corrected chi connectivity index (χ1v) is 7.97. The number of rotatable bonds is 2. The van der Waals surface area contributed by atoms with E-state index in [1.165, 1.54) is 6.92 Å². The Hall–Kier alpha value is -2.13. The molecule has 5 rings (SSSR count). The number of fused-ring (bicyclic) bond motifs is 1. The maximum Gasteiger partial charge on any atom is 0.302 e. The number of carbonyl (C=O) groups excluding carboxylic acids is 2. The molecule has 3 unspecified atom stereocenters. The summed E-state index contributed by atoms with van der Waals surface area (Å²) in [6.45, 7) is 1.41. The fourth-order valence-corrected chi connectivity index (χ4v) is 4.40. The van der Waals surface area contributed by atoms with E-state index < -0.39 is 5.41 Å². The zero-order valence-electron chi connectivity index (χ0n) is 12.6. The van der Waals surface area contributed by atoms with Crippen molar-refractivity contribution in [2.75, 3.05) is 0 Å². The molecule has 0 aromatic heterocycles.